The van der Waals surface area contributed by atoms with Crippen molar-refractivity contribution in [3.8, 4) is 16.9 Å². The van der Waals surface area contributed by atoms with Crippen LogP contribution >= 0.6 is 0 Å². The molecule has 0 amide bonds. The first kappa shape index (κ1) is 22.5. The Labute approximate surface area is 184 Å². The molecule has 0 fully saturated rings. The van der Waals surface area contributed by atoms with E-state index in [0.29, 0.717) is 35.6 Å². The monoisotopic (exact) mass is 440 g/mol. The van der Waals surface area contributed by atoms with Gasteiger partial charge in [0.15, 0.2) is 0 Å². The van der Waals surface area contributed by atoms with E-state index in [9.17, 15) is 4.21 Å². The molecule has 9 heteroatoms. The van der Waals surface area contributed by atoms with Crippen molar-refractivity contribution < 1.29 is 13.7 Å². The lowest BCUT2D eigenvalue weighted by Crippen LogP contribution is -2.22. The SMILES string of the molecule is CCOc1ccc(-c2cnc(Nc3cccc([S-](=N)=O)c3)nc2NC(C)COC)cc1. The zero-order valence-electron chi connectivity index (χ0n) is 17.7. The van der Waals surface area contributed by atoms with Gasteiger partial charge in [-0.2, -0.15) is 15.6 Å². The Kier molecular flexibility index (Phi) is 7.80. The number of nitrogens with one attached hydrogen (secondary N) is 3. The van der Waals surface area contributed by atoms with Crippen LogP contribution in [-0.2, 0) is 19.5 Å². The Morgan fingerprint density at radius 1 is 1.19 bits per heavy atom. The molecule has 0 bridgehead atoms. The van der Waals surface area contributed by atoms with Gasteiger partial charge in [0.25, 0.3) is 0 Å². The lowest BCUT2D eigenvalue weighted by molar-refractivity contribution is 0.190. The molecule has 0 aliphatic heterocycles. The molecule has 0 saturated heterocycles. The Balaban J connectivity index is 1.93. The largest absolute Gasteiger partial charge is 0.494 e. The second-order valence-corrected chi connectivity index (χ2v) is 7.84. The summed E-state index contributed by atoms with van der Waals surface area (Å²) < 4.78 is 29.6. The second-order valence-electron chi connectivity index (χ2n) is 6.84. The van der Waals surface area contributed by atoms with E-state index in [2.05, 4.69) is 20.6 Å². The van der Waals surface area contributed by atoms with Crippen molar-refractivity contribution in [2.45, 2.75) is 24.8 Å². The van der Waals surface area contributed by atoms with Crippen molar-refractivity contribution in [1.29, 1.82) is 4.78 Å². The van der Waals surface area contributed by atoms with Gasteiger partial charge in [0.2, 0.25) is 5.95 Å². The summed E-state index contributed by atoms with van der Waals surface area (Å²) in [5.41, 5.74) is 2.45. The minimum atomic E-state index is -1.81. The predicted octanol–water partition coefficient (Wildman–Crippen LogP) is 4.82. The highest BCUT2D eigenvalue weighted by Gasteiger charge is 2.13. The summed E-state index contributed by atoms with van der Waals surface area (Å²) in [6.07, 6.45) is 1.75. The molecule has 3 N–H and O–H groups in total. The van der Waals surface area contributed by atoms with E-state index in [0.717, 1.165) is 16.9 Å². The number of hydrogen-bond donors (Lipinski definition) is 3. The molecule has 1 atom stereocenters. The van der Waals surface area contributed by atoms with Crippen LogP contribution in [0.5, 0.6) is 5.75 Å². The third-order valence-electron chi connectivity index (χ3n) is 4.37. The molecule has 0 aliphatic carbocycles. The molecule has 0 radical (unpaired) electrons. The summed E-state index contributed by atoms with van der Waals surface area (Å²) in [6, 6.07) is 14.6. The van der Waals surface area contributed by atoms with Gasteiger partial charge < -0.3 is 29.1 Å². The molecule has 0 aliphatic rings. The number of nitrogens with zero attached hydrogens (tertiary/aromatic N) is 2. The van der Waals surface area contributed by atoms with Gasteiger partial charge in [0, 0.05) is 30.6 Å². The summed E-state index contributed by atoms with van der Waals surface area (Å²) >= 11 is 0. The smallest absolute Gasteiger partial charge is 0.229 e. The molecule has 0 spiro atoms. The number of aromatic nitrogens is 2. The molecular formula is C22H26N5O3S-. The molecule has 1 aromatic heterocycles. The Morgan fingerprint density at radius 3 is 2.65 bits per heavy atom. The fraction of sp³-hybridized carbons (Fsp3) is 0.273. The maximum atomic E-state index is 11.4. The van der Waals surface area contributed by atoms with Gasteiger partial charge in [-0.25, -0.2) is 4.98 Å². The van der Waals surface area contributed by atoms with E-state index in [1.54, 1.807) is 37.6 Å². The first-order chi connectivity index (χ1) is 15.0. The third kappa shape index (κ3) is 6.16. The van der Waals surface area contributed by atoms with Gasteiger partial charge in [-0.05, 0) is 37.6 Å². The average molecular weight is 441 g/mol. The van der Waals surface area contributed by atoms with E-state index >= 15 is 0 Å². The minimum absolute atomic E-state index is 0.0308. The Morgan fingerprint density at radius 2 is 1.97 bits per heavy atom. The highest BCUT2D eigenvalue weighted by atomic mass is 32.2. The molecule has 3 rings (SSSR count). The number of methoxy groups -OCH3 is 1. The van der Waals surface area contributed by atoms with E-state index in [4.69, 9.17) is 14.3 Å². The van der Waals surface area contributed by atoms with Gasteiger partial charge in [-0.15, -0.1) is 0 Å². The zero-order chi connectivity index (χ0) is 22.2. The predicted molar refractivity (Wildman–Crippen MR) is 122 cm³/mol. The lowest BCUT2D eigenvalue weighted by atomic mass is 10.1. The molecule has 1 unspecified atom stereocenters. The molecule has 164 valence electrons. The van der Waals surface area contributed by atoms with E-state index in [1.807, 2.05) is 38.1 Å². The summed E-state index contributed by atoms with van der Waals surface area (Å²) in [5, 5.41) is 6.50. The van der Waals surface area contributed by atoms with Crippen molar-refractivity contribution in [2.24, 2.45) is 0 Å². The van der Waals surface area contributed by atoms with Crippen LogP contribution in [0.25, 0.3) is 11.1 Å². The van der Waals surface area contributed by atoms with Crippen molar-refractivity contribution in [3.63, 3.8) is 0 Å². The van der Waals surface area contributed by atoms with E-state index < -0.39 is 10.6 Å². The number of rotatable bonds is 10. The Bertz CT molecular complexity index is 1080. The van der Waals surface area contributed by atoms with Crippen LogP contribution in [0.4, 0.5) is 17.5 Å². The first-order valence-corrected chi connectivity index (χ1v) is 11.0. The summed E-state index contributed by atoms with van der Waals surface area (Å²) in [4.78, 5) is 9.51. The van der Waals surface area contributed by atoms with Crippen molar-refractivity contribution in [3.05, 3.63) is 54.7 Å². The highest BCUT2D eigenvalue weighted by molar-refractivity contribution is 7.73. The van der Waals surface area contributed by atoms with Gasteiger partial charge in [-0.3, -0.25) is 0 Å². The maximum Gasteiger partial charge on any atom is 0.229 e. The van der Waals surface area contributed by atoms with E-state index in [1.165, 1.54) is 0 Å². The summed E-state index contributed by atoms with van der Waals surface area (Å²) in [5.74, 6) is 1.85. The van der Waals surface area contributed by atoms with Crippen LogP contribution in [0.3, 0.4) is 0 Å². The zero-order valence-corrected chi connectivity index (χ0v) is 18.5. The number of ether oxygens (including phenoxy) is 2. The fourth-order valence-corrected chi connectivity index (χ4v) is 3.44. The van der Waals surface area contributed by atoms with Crippen LogP contribution < -0.4 is 15.4 Å². The molecule has 1 heterocycles. The number of benzene rings is 2. The highest BCUT2D eigenvalue weighted by Crippen LogP contribution is 2.29. The fourth-order valence-electron chi connectivity index (χ4n) is 3.00. The summed E-state index contributed by atoms with van der Waals surface area (Å²) in [7, 11) is -0.157. The quantitative estimate of drug-likeness (QED) is 0.388. The van der Waals surface area contributed by atoms with Crippen LogP contribution in [-0.4, -0.2) is 36.3 Å². The first-order valence-electron chi connectivity index (χ1n) is 9.86. The molecule has 3 aromatic rings. The standard InChI is InChI=1S/C22H26N5O3S/c1-4-30-18-10-8-16(9-11-18)20-13-24-22(27-21(20)25-15(2)14-29-3)26-17-6-5-7-19(12-17)31(23)28/h5-13,15,23H,4,14H2,1-3H3,(H2,24,25,26,27)/q-1. The van der Waals surface area contributed by atoms with Gasteiger partial charge in [0.1, 0.15) is 11.6 Å². The molecule has 8 nitrogen and oxygen atoms in total. The summed E-state index contributed by atoms with van der Waals surface area (Å²) in [6.45, 7) is 5.09. The third-order valence-corrected chi connectivity index (χ3v) is 5.05. The molecule has 0 saturated carbocycles. The van der Waals surface area contributed by atoms with Crippen LogP contribution in [0.15, 0.2) is 59.6 Å². The van der Waals surface area contributed by atoms with Gasteiger partial charge in [0.05, 0.1) is 13.2 Å². The normalized spacial score (nSPS) is 11.9. The van der Waals surface area contributed by atoms with Crippen molar-refractivity contribution >= 4 is 28.0 Å². The van der Waals surface area contributed by atoms with Crippen LogP contribution in [0.1, 0.15) is 13.8 Å². The van der Waals surface area contributed by atoms with Crippen LogP contribution in [0.2, 0.25) is 0 Å². The lowest BCUT2D eigenvalue weighted by Gasteiger charge is -2.18. The Hall–Kier alpha value is -3.17. The molecule has 2 aromatic carbocycles. The van der Waals surface area contributed by atoms with Crippen LogP contribution in [0, 0.1) is 4.78 Å². The van der Waals surface area contributed by atoms with Gasteiger partial charge in [-0.1, -0.05) is 35.2 Å². The van der Waals surface area contributed by atoms with E-state index in [-0.39, 0.29) is 6.04 Å². The molecular weight excluding hydrogens is 414 g/mol. The maximum absolute atomic E-state index is 11.4. The second kappa shape index (κ2) is 10.7. The average Bonchev–Trinajstić information content (AvgIpc) is 2.75. The number of anilines is 3. The van der Waals surface area contributed by atoms with Crippen molar-refractivity contribution in [2.75, 3.05) is 31.0 Å². The topological polar surface area (TPSA) is 109 Å². The van der Waals surface area contributed by atoms with Gasteiger partial charge >= 0.3 is 0 Å². The minimum Gasteiger partial charge on any atom is -0.494 e. The van der Waals surface area contributed by atoms with Crippen molar-refractivity contribution in [1.82, 2.24) is 9.97 Å². The molecule has 31 heavy (non-hydrogen) atoms. The number of hydrogen-bond acceptors (Lipinski definition) is 9.